The van der Waals surface area contributed by atoms with E-state index in [1.165, 1.54) is 11.3 Å². The van der Waals surface area contributed by atoms with Crippen molar-refractivity contribution in [1.29, 1.82) is 0 Å². The Morgan fingerprint density at radius 1 is 1.10 bits per heavy atom. The molecule has 0 radical (unpaired) electrons. The van der Waals surface area contributed by atoms with Crippen molar-refractivity contribution in [3.63, 3.8) is 0 Å². The zero-order valence-corrected chi connectivity index (χ0v) is 14.1. The van der Waals surface area contributed by atoms with E-state index in [2.05, 4.69) is 55.9 Å². The molecule has 3 rings (SSSR count). The lowest BCUT2D eigenvalue weighted by Gasteiger charge is -2.04. The number of aryl methyl sites for hydroxylation is 1. The second-order valence-corrected chi connectivity index (χ2v) is 5.14. The smallest absolute Gasteiger partial charge is 0.216 e. The number of aromatic nitrogens is 3. The molecule has 0 fully saturated rings. The van der Waals surface area contributed by atoms with Gasteiger partial charge < -0.3 is 24.0 Å². The largest absolute Gasteiger partial charge is 1.00 e. The highest BCUT2D eigenvalue weighted by atomic mass is 127. The Bertz CT molecular complexity index is 731. The van der Waals surface area contributed by atoms with E-state index in [0.717, 1.165) is 11.2 Å². The van der Waals surface area contributed by atoms with Crippen LogP contribution in [0.25, 0.3) is 16.8 Å². The van der Waals surface area contributed by atoms with Crippen molar-refractivity contribution in [1.82, 2.24) is 9.61 Å². The van der Waals surface area contributed by atoms with E-state index in [4.69, 9.17) is 5.10 Å². The van der Waals surface area contributed by atoms with Crippen LogP contribution < -0.4 is 28.5 Å². The lowest BCUT2D eigenvalue weighted by atomic mass is 10.0. The summed E-state index contributed by atoms with van der Waals surface area (Å²) in [6.45, 7) is 4.38. The predicted molar refractivity (Wildman–Crippen MR) is 75.9 cm³/mol. The third kappa shape index (κ3) is 2.44. The van der Waals surface area contributed by atoms with E-state index in [1.807, 2.05) is 22.8 Å². The summed E-state index contributed by atoms with van der Waals surface area (Å²) in [4.78, 5) is 0. The molecule has 0 unspecified atom stereocenters. The van der Waals surface area contributed by atoms with Gasteiger partial charge in [-0.3, -0.25) is 0 Å². The fraction of sp³-hybridized carbons (Fsp3) is 0.250. The second-order valence-electron chi connectivity index (χ2n) is 5.14. The number of pyridine rings is 2. The molecule has 20 heavy (non-hydrogen) atoms. The first-order chi connectivity index (χ1) is 9.18. The molecule has 0 aliphatic carbocycles. The number of rotatable bonds is 2. The van der Waals surface area contributed by atoms with Crippen LogP contribution in [0, 0.1) is 0 Å². The van der Waals surface area contributed by atoms with Gasteiger partial charge in [0.15, 0.2) is 6.20 Å². The van der Waals surface area contributed by atoms with Crippen LogP contribution in [-0.4, -0.2) is 9.61 Å². The number of hydrogen-bond acceptors (Lipinski definition) is 1. The molecular formula is C16H18IN3. The van der Waals surface area contributed by atoms with E-state index >= 15 is 0 Å². The van der Waals surface area contributed by atoms with E-state index in [-0.39, 0.29) is 24.0 Å². The highest BCUT2D eigenvalue weighted by Gasteiger charge is 2.22. The average molecular weight is 379 g/mol. The molecule has 0 atom stereocenters. The summed E-state index contributed by atoms with van der Waals surface area (Å²) < 4.78 is 4.12. The molecule has 0 aliphatic heterocycles. The lowest BCUT2D eigenvalue weighted by Crippen LogP contribution is -3.00. The molecule has 0 bridgehead atoms. The third-order valence-electron chi connectivity index (χ3n) is 3.42. The maximum atomic E-state index is 4.73. The van der Waals surface area contributed by atoms with Crippen molar-refractivity contribution >= 4 is 5.52 Å². The Morgan fingerprint density at radius 3 is 2.55 bits per heavy atom. The minimum atomic E-state index is 0. The highest BCUT2D eigenvalue weighted by Crippen LogP contribution is 2.30. The Balaban J connectivity index is 0.00000147. The van der Waals surface area contributed by atoms with Gasteiger partial charge in [0.2, 0.25) is 5.69 Å². The van der Waals surface area contributed by atoms with Crippen molar-refractivity contribution in [2.45, 2.75) is 19.8 Å². The molecule has 0 aromatic carbocycles. The molecule has 3 nitrogen and oxygen atoms in total. The van der Waals surface area contributed by atoms with Gasteiger partial charge >= 0.3 is 0 Å². The molecule has 3 aromatic rings. The summed E-state index contributed by atoms with van der Waals surface area (Å²) in [7, 11) is 2.08. The molecule has 104 valence electrons. The maximum absolute atomic E-state index is 4.73. The number of fused-ring (bicyclic) bond motifs is 1. The summed E-state index contributed by atoms with van der Waals surface area (Å²) in [5.41, 5.74) is 4.74. The van der Waals surface area contributed by atoms with Gasteiger partial charge in [0.05, 0.1) is 16.8 Å². The van der Waals surface area contributed by atoms with Crippen molar-refractivity contribution < 1.29 is 28.5 Å². The minimum Gasteiger partial charge on any atom is -1.00 e. The predicted octanol–water partition coefficient (Wildman–Crippen LogP) is -0.0468. The number of halogens is 1. The van der Waals surface area contributed by atoms with Crippen LogP contribution in [0.1, 0.15) is 25.5 Å². The normalized spacial score (nSPS) is 10.8. The van der Waals surface area contributed by atoms with E-state index in [9.17, 15) is 0 Å². The van der Waals surface area contributed by atoms with Crippen LogP contribution in [-0.2, 0) is 7.05 Å². The second kappa shape index (κ2) is 5.91. The SMILES string of the molecule is CC(C)c1nn2ccccc2c1-c1cccc[n+]1C.[I-]. The van der Waals surface area contributed by atoms with Crippen LogP contribution in [0.5, 0.6) is 0 Å². The number of hydrogen-bond donors (Lipinski definition) is 0. The van der Waals surface area contributed by atoms with Gasteiger partial charge in [0, 0.05) is 18.3 Å². The zero-order valence-electron chi connectivity index (χ0n) is 11.9. The van der Waals surface area contributed by atoms with Gasteiger partial charge in [0.25, 0.3) is 0 Å². The van der Waals surface area contributed by atoms with Crippen molar-refractivity contribution in [3.8, 4) is 11.3 Å². The van der Waals surface area contributed by atoms with Gasteiger partial charge in [0.1, 0.15) is 7.05 Å². The van der Waals surface area contributed by atoms with E-state index in [0.29, 0.717) is 5.92 Å². The average Bonchev–Trinajstić information content (AvgIpc) is 2.79. The van der Waals surface area contributed by atoms with E-state index < -0.39 is 0 Å². The molecular weight excluding hydrogens is 361 g/mol. The van der Waals surface area contributed by atoms with Gasteiger partial charge in [-0.1, -0.05) is 19.9 Å². The van der Waals surface area contributed by atoms with Gasteiger partial charge in [-0.25, -0.2) is 9.08 Å². The minimum absolute atomic E-state index is 0. The topological polar surface area (TPSA) is 21.2 Å². The summed E-state index contributed by atoms with van der Waals surface area (Å²) in [6, 6.07) is 12.5. The highest BCUT2D eigenvalue weighted by molar-refractivity contribution is 5.79. The molecule has 0 N–H and O–H groups in total. The molecule has 4 heteroatoms. The first-order valence-corrected chi connectivity index (χ1v) is 6.61. The Labute approximate surface area is 136 Å². The van der Waals surface area contributed by atoms with Crippen LogP contribution in [0.4, 0.5) is 0 Å². The summed E-state index contributed by atoms with van der Waals surface area (Å²) >= 11 is 0. The lowest BCUT2D eigenvalue weighted by molar-refractivity contribution is -0.660. The fourth-order valence-electron chi connectivity index (χ4n) is 2.47. The summed E-state index contributed by atoms with van der Waals surface area (Å²) in [5, 5.41) is 4.73. The van der Waals surface area contributed by atoms with Crippen LogP contribution in [0.15, 0.2) is 48.8 Å². The van der Waals surface area contributed by atoms with Gasteiger partial charge in [-0.05, 0) is 24.1 Å². The summed E-state index contributed by atoms with van der Waals surface area (Å²) in [6.07, 6.45) is 4.08. The molecule has 0 spiro atoms. The standard InChI is InChI=1S/C16H18N3.HI/c1-12(2)16-15(13-8-4-6-10-18(13)3)14-9-5-7-11-19(14)17-16;/h4-12H,1-3H3;1H/q+1;/p-1. The van der Waals surface area contributed by atoms with Crippen molar-refractivity contribution in [2.75, 3.05) is 0 Å². The molecule has 0 aliphatic rings. The fourth-order valence-corrected chi connectivity index (χ4v) is 2.47. The Morgan fingerprint density at radius 2 is 1.85 bits per heavy atom. The van der Waals surface area contributed by atoms with E-state index in [1.54, 1.807) is 0 Å². The first kappa shape index (κ1) is 15.0. The maximum Gasteiger partial charge on any atom is 0.216 e. The quantitative estimate of drug-likeness (QED) is 0.452. The van der Waals surface area contributed by atoms with Crippen molar-refractivity contribution in [3.05, 3.63) is 54.5 Å². The molecule has 0 saturated carbocycles. The zero-order chi connectivity index (χ0) is 13.4. The monoisotopic (exact) mass is 379 g/mol. The Kier molecular flexibility index (Phi) is 4.42. The van der Waals surface area contributed by atoms with Gasteiger partial charge in [-0.2, -0.15) is 5.10 Å². The third-order valence-corrected chi connectivity index (χ3v) is 3.42. The Hall–Kier alpha value is -1.43. The molecule has 0 saturated heterocycles. The molecule has 0 amide bonds. The van der Waals surface area contributed by atoms with Gasteiger partial charge in [-0.15, -0.1) is 0 Å². The molecule has 3 heterocycles. The number of nitrogens with zero attached hydrogens (tertiary/aromatic N) is 3. The molecule has 3 aromatic heterocycles. The van der Waals surface area contributed by atoms with Crippen molar-refractivity contribution in [2.24, 2.45) is 7.05 Å². The summed E-state index contributed by atoms with van der Waals surface area (Å²) in [5.74, 6) is 0.398. The van der Waals surface area contributed by atoms with Crippen LogP contribution in [0.2, 0.25) is 0 Å². The van der Waals surface area contributed by atoms with Crippen LogP contribution >= 0.6 is 0 Å². The van der Waals surface area contributed by atoms with Crippen LogP contribution in [0.3, 0.4) is 0 Å². The first-order valence-electron chi connectivity index (χ1n) is 6.61.